The van der Waals surface area contributed by atoms with Gasteiger partial charge < -0.3 is 19.3 Å². The third-order valence-corrected chi connectivity index (χ3v) is 8.68. The molecule has 3 heterocycles. The second kappa shape index (κ2) is 10.1. The number of piperidine rings is 1. The summed E-state index contributed by atoms with van der Waals surface area (Å²) in [6, 6.07) is 28.6. The van der Waals surface area contributed by atoms with Crippen LogP contribution in [0.15, 0.2) is 84.9 Å². The predicted molar refractivity (Wildman–Crippen MR) is 161 cm³/mol. The topological polar surface area (TPSA) is 24.9 Å². The minimum atomic E-state index is -0.701. The molecule has 3 aliphatic rings. The zero-order valence-electron chi connectivity index (χ0n) is 22.7. The van der Waals surface area contributed by atoms with Gasteiger partial charge in [0.1, 0.15) is 5.75 Å². The Morgan fingerprint density at radius 2 is 1.46 bits per heavy atom. The van der Waals surface area contributed by atoms with Crippen molar-refractivity contribution in [1.82, 2.24) is 0 Å². The van der Waals surface area contributed by atoms with Gasteiger partial charge in [0.2, 0.25) is 0 Å². The van der Waals surface area contributed by atoms with Crippen LogP contribution in [0.2, 0.25) is 0 Å². The van der Waals surface area contributed by atoms with Gasteiger partial charge in [-0.25, -0.2) is 0 Å². The maximum atomic E-state index is 7.21. The van der Waals surface area contributed by atoms with E-state index in [1.165, 1.54) is 47.0 Å². The van der Waals surface area contributed by atoms with Gasteiger partial charge in [0.05, 0.1) is 13.2 Å². The number of aryl methyl sites for hydroxylation is 1. The first-order valence-corrected chi connectivity index (χ1v) is 14.4. The number of hydrogen-bond donors (Lipinski definition) is 0. The Morgan fingerprint density at radius 1 is 0.718 bits per heavy atom. The number of nitrogens with zero attached hydrogens (tertiary/aromatic N) is 2. The third kappa shape index (κ3) is 4.28. The Hall–Kier alpha value is -3.76. The van der Waals surface area contributed by atoms with Gasteiger partial charge in [0.15, 0.2) is 5.60 Å². The van der Waals surface area contributed by atoms with E-state index in [1.54, 1.807) is 0 Å². The molecule has 0 saturated carbocycles. The number of morpholine rings is 1. The zero-order chi connectivity index (χ0) is 26.2. The second-order valence-electron chi connectivity index (χ2n) is 11.0. The van der Waals surface area contributed by atoms with Gasteiger partial charge in [-0.05, 0) is 61.4 Å². The molecule has 4 aromatic rings. The summed E-state index contributed by atoms with van der Waals surface area (Å²) < 4.78 is 12.9. The van der Waals surface area contributed by atoms with E-state index in [1.807, 2.05) is 0 Å². The fourth-order valence-electron chi connectivity index (χ4n) is 6.60. The van der Waals surface area contributed by atoms with Gasteiger partial charge in [-0.1, -0.05) is 60.7 Å². The normalized spacial score (nSPS) is 21.1. The Morgan fingerprint density at radius 3 is 2.23 bits per heavy atom. The first-order valence-electron chi connectivity index (χ1n) is 14.4. The molecule has 0 aromatic heterocycles. The maximum Gasteiger partial charge on any atom is 0.178 e. The van der Waals surface area contributed by atoms with Gasteiger partial charge >= 0.3 is 0 Å². The summed E-state index contributed by atoms with van der Waals surface area (Å²) in [4.78, 5) is 4.96. The Labute approximate surface area is 231 Å². The van der Waals surface area contributed by atoms with Crippen molar-refractivity contribution in [3.63, 3.8) is 0 Å². The van der Waals surface area contributed by atoms with Crippen LogP contribution in [0.4, 0.5) is 11.4 Å². The minimum absolute atomic E-state index is 0.701. The third-order valence-electron chi connectivity index (χ3n) is 8.68. The number of rotatable bonds is 4. The summed E-state index contributed by atoms with van der Waals surface area (Å²) in [5.41, 5.74) is 6.55. The Balaban J connectivity index is 1.37. The van der Waals surface area contributed by atoms with Crippen LogP contribution in [-0.2, 0) is 10.3 Å². The highest BCUT2D eigenvalue weighted by atomic mass is 16.5. The molecule has 0 aliphatic carbocycles. The fraction of sp³-hybridized carbons (Fsp3) is 0.314. The summed E-state index contributed by atoms with van der Waals surface area (Å²) in [5.74, 6) is 0.935. The molecule has 2 fully saturated rings. The number of benzene rings is 4. The average molecular weight is 517 g/mol. The van der Waals surface area contributed by atoms with Crippen LogP contribution in [0.3, 0.4) is 0 Å². The molecule has 7 rings (SSSR count). The highest BCUT2D eigenvalue weighted by Crippen LogP contribution is 2.47. The first kappa shape index (κ1) is 24.3. The molecule has 4 aromatic carbocycles. The van der Waals surface area contributed by atoms with Gasteiger partial charge in [-0.15, -0.1) is 0 Å². The highest BCUT2D eigenvalue weighted by Gasteiger charge is 2.38. The molecule has 4 heteroatoms. The van der Waals surface area contributed by atoms with Crippen molar-refractivity contribution < 1.29 is 9.47 Å². The lowest BCUT2D eigenvalue weighted by molar-refractivity contribution is 0.122. The lowest BCUT2D eigenvalue weighted by Crippen LogP contribution is -2.37. The number of anilines is 2. The first-order chi connectivity index (χ1) is 19.2. The fourth-order valence-corrected chi connectivity index (χ4v) is 6.60. The molecule has 4 nitrogen and oxygen atoms in total. The van der Waals surface area contributed by atoms with Crippen molar-refractivity contribution in [3.05, 3.63) is 107 Å². The maximum absolute atomic E-state index is 7.21. The van der Waals surface area contributed by atoms with E-state index in [2.05, 4.69) is 108 Å². The van der Waals surface area contributed by atoms with E-state index >= 15 is 0 Å². The largest absolute Gasteiger partial charge is 0.473 e. The van der Waals surface area contributed by atoms with Crippen molar-refractivity contribution in [2.75, 3.05) is 49.2 Å². The molecular weight excluding hydrogens is 480 g/mol. The predicted octanol–water partition coefficient (Wildman–Crippen LogP) is 7.32. The Kier molecular flexibility index (Phi) is 6.28. The molecule has 1 unspecified atom stereocenters. The van der Waals surface area contributed by atoms with Gasteiger partial charge in [0.25, 0.3) is 0 Å². The molecule has 39 heavy (non-hydrogen) atoms. The number of fused-ring (bicyclic) bond motifs is 3. The summed E-state index contributed by atoms with van der Waals surface area (Å²) in [6.45, 7) is 7.77. The highest BCUT2D eigenvalue weighted by molar-refractivity contribution is 6.04. The second-order valence-corrected chi connectivity index (χ2v) is 11.0. The van der Waals surface area contributed by atoms with Crippen molar-refractivity contribution in [3.8, 4) is 5.75 Å². The molecule has 3 aliphatic heterocycles. The minimum Gasteiger partial charge on any atom is -0.473 e. The van der Waals surface area contributed by atoms with Crippen molar-refractivity contribution in [2.24, 2.45) is 0 Å². The lowest BCUT2D eigenvalue weighted by Gasteiger charge is -2.38. The van der Waals surface area contributed by atoms with Gasteiger partial charge in [-0.3, -0.25) is 0 Å². The van der Waals surface area contributed by atoms with Crippen molar-refractivity contribution >= 4 is 28.2 Å². The van der Waals surface area contributed by atoms with Crippen LogP contribution in [0.5, 0.6) is 5.75 Å². The quantitative estimate of drug-likeness (QED) is 0.284. The summed E-state index contributed by atoms with van der Waals surface area (Å²) in [7, 11) is 0. The molecule has 0 radical (unpaired) electrons. The molecule has 0 spiro atoms. The molecular formula is C35H36N2O2. The van der Waals surface area contributed by atoms with Crippen molar-refractivity contribution in [2.45, 2.75) is 31.8 Å². The van der Waals surface area contributed by atoms with Crippen LogP contribution >= 0.6 is 0 Å². The smallest absolute Gasteiger partial charge is 0.178 e. The van der Waals surface area contributed by atoms with Gasteiger partial charge in [0, 0.05) is 65.7 Å². The van der Waals surface area contributed by atoms with E-state index in [4.69, 9.17) is 9.47 Å². The summed E-state index contributed by atoms with van der Waals surface area (Å²) >= 11 is 0. The molecule has 0 bridgehead atoms. The van der Waals surface area contributed by atoms with E-state index in [0.29, 0.717) is 0 Å². The van der Waals surface area contributed by atoms with E-state index < -0.39 is 5.60 Å². The molecule has 198 valence electrons. The zero-order valence-corrected chi connectivity index (χ0v) is 22.7. The summed E-state index contributed by atoms with van der Waals surface area (Å²) in [6.07, 6.45) is 8.45. The van der Waals surface area contributed by atoms with E-state index in [-0.39, 0.29) is 0 Å². The monoisotopic (exact) mass is 516 g/mol. The SMILES string of the molecule is Cc1cccc2c(N3CCOCC3)cc3c(c12)C=CC(c1ccccc1)(c1ccc(N2CCCCC2)cc1)O3. The van der Waals surface area contributed by atoms with Crippen LogP contribution in [0, 0.1) is 6.92 Å². The molecule has 0 N–H and O–H groups in total. The van der Waals surface area contributed by atoms with Crippen LogP contribution < -0.4 is 14.5 Å². The van der Waals surface area contributed by atoms with Crippen LogP contribution in [0.25, 0.3) is 16.8 Å². The number of hydrogen-bond acceptors (Lipinski definition) is 4. The summed E-state index contributed by atoms with van der Waals surface area (Å²) in [5, 5.41) is 2.55. The van der Waals surface area contributed by atoms with E-state index in [0.717, 1.165) is 61.8 Å². The molecule has 0 amide bonds. The lowest BCUT2D eigenvalue weighted by atomic mass is 9.82. The standard InChI is InChI=1S/C35H36N2O2/c1-26-9-8-12-30-32(37-21-23-38-24-22-37)25-33-31(34(26)30)17-18-35(39-33,27-10-4-2-5-11-27)28-13-15-29(16-14-28)36-19-6-3-7-20-36/h2,4-5,8-18,25H,3,6-7,19-24H2,1H3. The van der Waals surface area contributed by atoms with Crippen LogP contribution in [-0.4, -0.2) is 39.4 Å². The number of ether oxygens (including phenoxy) is 2. The average Bonchev–Trinajstić information content (AvgIpc) is 3.02. The van der Waals surface area contributed by atoms with Gasteiger partial charge in [-0.2, -0.15) is 0 Å². The van der Waals surface area contributed by atoms with Crippen molar-refractivity contribution in [1.29, 1.82) is 0 Å². The van der Waals surface area contributed by atoms with Crippen LogP contribution in [0.1, 0.15) is 41.5 Å². The Bertz CT molecular complexity index is 1500. The molecule has 1 atom stereocenters. The molecule has 2 saturated heterocycles. The van der Waals surface area contributed by atoms with E-state index in [9.17, 15) is 0 Å².